The fraction of sp³-hybridized carbons (Fsp3) is 0.333. The van der Waals surface area contributed by atoms with Crippen molar-refractivity contribution in [2.45, 2.75) is 32.1 Å². The Balaban J connectivity index is 1.78. The van der Waals surface area contributed by atoms with Gasteiger partial charge in [-0.2, -0.15) is 21.0 Å². The second-order valence-corrected chi connectivity index (χ2v) is 10.8. The zero-order chi connectivity index (χ0) is 21.8. The number of nitrogens with two attached hydrogens (primary N) is 2. The van der Waals surface area contributed by atoms with Crippen molar-refractivity contribution in [2.24, 2.45) is 0 Å². The molecule has 30 heavy (non-hydrogen) atoms. The highest BCUT2D eigenvalue weighted by molar-refractivity contribution is 8.14. The maximum Gasteiger partial charge on any atom is 0.283 e. The number of aromatic nitrogens is 6. The van der Waals surface area contributed by atoms with Crippen LogP contribution in [-0.4, -0.2) is 34.7 Å². The summed E-state index contributed by atoms with van der Waals surface area (Å²) in [6, 6.07) is 1.76. The summed E-state index contributed by atoms with van der Waals surface area (Å²) in [7, 11) is 0. The molecule has 0 bridgehead atoms. The zero-order valence-corrected chi connectivity index (χ0v) is 18.7. The van der Waals surface area contributed by atoms with E-state index in [2.05, 4.69) is 19.9 Å². The van der Waals surface area contributed by atoms with Gasteiger partial charge in [-0.25, -0.2) is 13.9 Å². The van der Waals surface area contributed by atoms with Crippen molar-refractivity contribution in [1.82, 2.24) is 28.5 Å². The largest absolute Gasteiger partial charge is 0.369 e. The molecule has 0 amide bonds. The molecule has 0 saturated heterocycles. The molecule has 0 aliphatic heterocycles. The lowest BCUT2D eigenvalue weighted by atomic mass is 10.1. The van der Waals surface area contributed by atoms with Crippen LogP contribution in [0.1, 0.15) is 26.3 Å². The summed E-state index contributed by atoms with van der Waals surface area (Å²) in [5.41, 5.74) is 14.2. The third kappa shape index (κ3) is 3.31. The molecule has 4 aromatic rings. The molecular weight excluding hydrogens is 424 g/mol. The maximum absolute atomic E-state index is 12.8. The molecule has 158 valence electrons. The van der Waals surface area contributed by atoms with E-state index in [9.17, 15) is 9.59 Å². The highest BCUT2D eigenvalue weighted by atomic mass is 32.2. The van der Waals surface area contributed by atoms with Crippen LogP contribution >= 0.6 is 22.4 Å². The molecule has 0 aromatic carbocycles. The van der Waals surface area contributed by atoms with Gasteiger partial charge in [0.2, 0.25) is 11.9 Å². The van der Waals surface area contributed by atoms with Gasteiger partial charge in [-0.05, 0) is 38.7 Å². The van der Waals surface area contributed by atoms with Crippen LogP contribution in [-0.2, 0) is 11.3 Å². The van der Waals surface area contributed by atoms with E-state index in [1.807, 2.05) is 27.0 Å². The lowest BCUT2D eigenvalue weighted by molar-refractivity contribution is 0.408. The number of nitrogen functional groups attached to an aromatic ring is 2. The summed E-state index contributed by atoms with van der Waals surface area (Å²) in [5.74, 6) is 0.750. The Hall–Kier alpha value is -2.99. The van der Waals surface area contributed by atoms with Crippen LogP contribution in [0.25, 0.3) is 21.4 Å². The van der Waals surface area contributed by atoms with Crippen molar-refractivity contribution in [3.63, 3.8) is 0 Å². The molecule has 1 atom stereocenters. The molecule has 4 rings (SSSR count). The number of thiazole rings is 1. The molecule has 12 heteroatoms. The van der Waals surface area contributed by atoms with Gasteiger partial charge < -0.3 is 11.5 Å². The molecule has 0 spiro atoms. The van der Waals surface area contributed by atoms with Crippen LogP contribution in [0.4, 0.5) is 11.9 Å². The highest BCUT2D eigenvalue weighted by Gasteiger charge is 2.21. The fourth-order valence-corrected chi connectivity index (χ4v) is 5.76. The number of nitrogens with zero attached hydrogens (tertiary/aromatic N) is 6. The Bertz CT molecular complexity index is 1400. The van der Waals surface area contributed by atoms with Crippen molar-refractivity contribution in [3.8, 4) is 0 Å². The lowest BCUT2D eigenvalue weighted by Gasteiger charge is -2.26. The number of hydrogen-bond acceptors (Lipinski definition) is 9. The molecule has 4 heterocycles. The topological polar surface area (TPSA) is 148 Å². The average molecular weight is 447 g/mol. The van der Waals surface area contributed by atoms with Gasteiger partial charge in [0, 0.05) is 17.5 Å². The second-order valence-electron chi connectivity index (χ2n) is 7.90. The van der Waals surface area contributed by atoms with Crippen molar-refractivity contribution < 1.29 is 0 Å². The van der Waals surface area contributed by atoms with Crippen LogP contribution in [0, 0.1) is 0 Å². The van der Waals surface area contributed by atoms with Gasteiger partial charge in [-0.1, -0.05) is 0 Å². The van der Waals surface area contributed by atoms with Gasteiger partial charge in [-0.3, -0.25) is 14.2 Å². The summed E-state index contributed by atoms with van der Waals surface area (Å²) >= 11 is 0.193. The minimum Gasteiger partial charge on any atom is -0.369 e. The lowest BCUT2D eigenvalue weighted by Crippen LogP contribution is -2.29. The zero-order valence-electron chi connectivity index (χ0n) is 16.9. The molecule has 4 aromatic heterocycles. The maximum atomic E-state index is 12.8. The van der Waals surface area contributed by atoms with Crippen LogP contribution in [0.3, 0.4) is 0 Å². The van der Waals surface area contributed by atoms with E-state index in [4.69, 9.17) is 11.5 Å². The summed E-state index contributed by atoms with van der Waals surface area (Å²) in [4.78, 5) is 42.1. The van der Waals surface area contributed by atoms with E-state index >= 15 is 0 Å². The van der Waals surface area contributed by atoms with Crippen molar-refractivity contribution in [2.75, 3.05) is 17.7 Å². The van der Waals surface area contributed by atoms with Crippen LogP contribution in [0.2, 0.25) is 0 Å². The molecule has 0 aliphatic rings. The molecule has 0 saturated carbocycles. The summed E-state index contributed by atoms with van der Waals surface area (Å²) in [6.07, 6.45) is 3.63. The Morgan fingerprint density at radius 3 is 2.57 bits per heavy atom. The highest BCUT2D eigenvalue weighted by Crippen LogP contribution is 2.31. The van der Waals surface area contributed by atoms with Gasteiger partial charge in [0.15, 0.2) is 5.65 Å². The number of hydrogen-bond donors (Lipinski definition) is 3. The third-order valence-corrected chi connectivity index (χ3v) is 7.30. The number of thiol groups is 1. The second kappa shape index (κ2) is 7.06. The van der Waals surface area contributed by atoms with E-state index in [1.54, 1.807) is 22.3 Å². The minimum absolute atomic E-state index is 0.126. The van der Waals surface area contributed by atoms with Crippen molar-refractivity contribution in [1.29, 1.82) is 0 Å². The summed E-state index contributed by atoms with van der Waals surface area (Å²) in [5, 5.41) is 0.386. The summed E-state index contributed by atoms with van der Waals surface area (Å²) < 4.78 is 3.73. The molecule has 10 nitrogen and oxygen atoms in total. The summed E-state index contributed by atoms with van der Waals surface area (Å²) in [6.45, 7) is 5.90. The van der Waals surface area contributed by atoms with Crippen molar-refractivity contribution in [3.05, 3.63) is 44.0 Å². The standard InChI is InChI=1S/C18H22N8O2S2/c1-18(2,3)25-13-10(14(27)24-16(25)19)5-9(6-21-13)7-30(4)26-15(28)11-12(22-8-29-11)23-17(26)20/h5-6,8,30H,7H2,1-4H3,(H2,20,23)(H2,19,24,27). The Labute approximate surface area is 178 Å². The van der Waals surface area contributed by atoms with Gasteiger partial charge >= 0.3 is 0 Å². The number of anilines is 2. The van der Waals surface area contributed by atoms with E-state index in [1.165, 1.54) is 15.3 Å². The van der Waals surface area contributed by atoms with Gasteiger partial charge in [0.25, 0.3) is 11.1 Å². The molecule has 0 radical (unpaired) electrons. The molecule has 0 fully saturated rings. The predicted molar refractivity (Wildman–Crippen MR) is 123 cm³/mol. The number of rotatable bonds is 3. The van der Waals surface area contributed by atoms with Gasteiger partial charge in [0.05, 0.1) is 10.9 Å². The Morgan fingerprint density at radius 2 is 1.87 bits per heavy atom. The number of fused-ring (bicyclic) bond motifs is 2. The molecule has 4 N–H and O–H groups in total. The number of pyridine rings is 1. The van der Waals surface area contributed by atoms with E-state index < -0.39 is 22.2 Å². The van der Waals surface area contributed by atoms with E-state index in [0.29, 0.717) is 27.1 Å². The van der Waals surface area contributed by atoms with Gasteiger partial charge in [-0.15, -0.1) is 11.3 Å². The third-order valence-electron chi connectivity index (χ3n) is 4.61. The van der Waals surface area contributed by atoms with Crippen LogP contribution in [0.15, 0.2) is 27.4 Å². The van der Waals surface area contributed by atoms with E-state index in [0.717, 1.165) is 5.56 Å². The molecular formula is C18H22N8O2S2. The van der Waals surface area contributed by atoms with Crippen LogP contribution in [0.5, 0.6) is 0 Å². The average Bonchev–Trinajstić information content (AvgIpc) is 3.09. The fourth-order valence-electron chi connectivity index (χ4n) is 3.39. The monoisotopic (exact) mass is 446 g/mol. The first-order valence-electron chi connectivity index (χ1n) is 9.08. The molecule has 0 aliphatic carbocycles. The van der Waals surface area contributed by atoms with Gasteiger partial charge in [0.1, 0.15) is 10.3 Å². The first-order valence-corrected chi connectivity index (χ1v) is 11.9. The smallest absolute Gasteiger partial charge is 0.283 e. The van der Waals surface area contributed by atoms with Crippen molar-refractivity contribution >= 4 is 55.7 Å². The van der Waals surface area contributed by atoms with Crippen LogP contribution < -0.4 is 22.6 Å². The Kier molecular flexibility index (Phi) is 4.77. The minimum atomic E-state index is -1.05. The quantitative estimate of drug-likeness (QED) is 0.401. The normalized spacial score (nSPS) is 13.8. The van der Waals surface area contributed by atoms with E-state index in [-0.39, 0.29) is 17.5 Å². The predicted octanol–water partition coefficient (Wildman–Crippen LogP) is 1.47. The SMILES string of the molecule is C[SH](Cc1cnc2c(c1)c(=O)nc(N)n2C(C)(C)C)n1c(N)nc2ncsc2c1=O. The first kappa shape index (κ1) is 20.3. The molecule has 1 unspecified atom stereocenters. The first-order chi connectivity index (χ1) is 14.1. The Morgan fingerprint density at radius 1 is 1.13 bits per heavy atom.